The minimum Gasteiger partial charge on any atom is -0.396 e. The fourth-order valence-corrected chi connectivity index (χ4v) is 3.12. The van der Waals surface area contributed by atoms with Crippen LogP contribution in [-0.2, 0) is 6.54 Å². The van der Waals surface area contributed by atoms with Crippen molar-refractivity contribution in [1.82, 2.24) is 14.9 Å². The normalized spacial score (nSPS) is 22.0. The maximum Gasteiger partial charge on any atom is 0.223 e. The van der Waals surface area contributed by atoms with Crippen LogP contribution in [0.1, 0.15) is 17.7 Å². The first kappa shape index (κ1) is 15.9. The Labute approximate surface area is 137 Å². The van der Waals surface area contributed by atoms with Crippen molar-refractivity contribution in [3.8, 4) is 0 Å². The van der Waals surface area contributed by atoms with Gasteiger partial charge in [0.25, 0.3) is 0 Å². The van der Waals surface area contributed by atoms with Gasteiger partial charge < -0.3 is 10.4 Å². The average molecular weight is 312 g/mol. The Balaban J connectivity index is 1.66. The van der Waals surface area contributed by atoms with Crippen LogP contribution in [0.15, 0.2) is 42.6 Å². The highest BCUT2D eigenvalue weighted by Gasteiger charge is 2.29. The van der Waals surface area contributed by atoms with E-state index in [-0.39, 0.29) is 18.6 Å². The van der Waals surface area contributed by atoms with Crippen LogP contribution >= 0.6 is 0 Å². The monoisotopic (exact) mass is 312 g/mol. The molecule has 3 rings (SSSR count). The number of aliphatic hydroxyl groups excluding tert-OH is 1. The summed E-state index contributed by atoms with van der Waals surface area (Å²) in [6.45, 7) is 4.98. The summed E-state index contributed by atoms with van der Waals surface area (Å²) in [5.41, 5.74) is 2.26. The fraction of sp³-hybridized carbons (Fsp3) is 0.444. The van der Waals surface area contributed by atoms with Gasteiger partial charge in [-0.25, -0.2) is 9.97 Å². The summed E-state index contributed by atoms with van der Waals surface area (Å²) in [6, 6.07) is 12.6. The summed E-state index contributed by atoms with van der Waals surface area (Å²) < 4.78 is 0. The molecule has 2 heterocycles. The van der Waals surface area contributed by atoms with Crippen molar-refractivity contribution in [1.29, 1.82) is 0 Å². The quantitative estimate of drug-likeness (QED) is 0.885. The molecule has 1 aromatic heterocycles. The summed E-state index contributed by atoms with van der Waals surface area (Å²) in [4.78, 5) is 11.1. The zero-order chi connectivity index (χ0) is 16.1. The SMILES string of the molecule is Cc1ccnc(N[C@H]2CN(Cc3ccccc3)CC[C@H]2CO)n1. The zero-order valence-corrected chi connectivity index (χ0v) is 13.5. The number of hydrogen-bond acceptors (Lipinski definition) is 5. The highest BCUT2D eigenvalue weighted by Crippen LogP contribution is 2.21. The van der Waals surface area contributed by atoms with E-state index < -0.39 is 0 Å². The average Bonchev–Trinajstić information content (AvgIpc) is 2.56. The summed E-state index contributed by atoms with van der Waals surface area (Å²) in [7, 11) is 0. The number of aliphatic hydroxyl groups is 1. The molecule has 0 aliphatic carbocycles. The van der Waals surface area contributed by atoms with Crippen molar-refractivity contribution in [2.24, 2.45) is 5.92 Å². The Bertz CT molecular complexity index is 619. The largest absolute Gasteiger partial charge is 0.396 e. The van der Waals surface area contributed by atoms with Crippen molar-refractivity contribution in [3.63, 3.8) is 0 Å². The van der Waals surface area contributed by atoms with E-state index >= 15 is 0 Å². The molecule has 1 fully saturated rings. The van der Waals surface area contributed by atoms with Gasteiger partial charge >= 0.3 is 0 Å². The van der Waals surface area contributed by atoms with Gasteiger partial charge in [0.15, 0.2) is 0 Å². The van der Waals surface area contributed by atoms with Crippen molar-refractivity contribution in [2.75, 3.05) is 25.0 Å². The second-order valence-corrected chi connectivity index (χ2v) is 6.22. The Kier molecular flexibility index (Phi) is 5.20. The van der Waals surface area contributed by atoms with Crippen LogP contribution in [0, 0.1) is 12.8 Å². The molecule has 2 aromatic rings. The highest BCUT2D eigenvalue weighted by molar-refractivity contribution is 5.27. The van der Waals surface area contributed by atoms with Crippen LogP contribution in [0.2, 0.25) is 0 Å². The number of piperidine rings is 1. The number of likely N-dealkylation sites (tertiary alicyclic amines) is 1. The van der Waals surface area contributed by atoms with Crippen molar-refractivity contribution >= 4 is 5.95 Å². The molecule has 5 nitrogen and oxygen atoms in total. The predicted molar refractivity (Wildman–Crippen MR) is 91.1 cm³/mol. The molecule has 23 heavy (non-hydrogen) atoms. The molecule has 0 bridgehead atoms. The number of hydrogen-bond donors (Lipinski definition) is 2. The molecule has 122 valence electrons. The summed E-state index contributed by atoms with van der Waals surface area (Å²) >= 11 is 0. The van der Waals surface area contributed by atoms with Gasteiger partial charge in [-0.1, -0.05) is 30.3 Å². The van der Waals surface area contributed by atoms with Crippen LogP contribution in [-0.4, -0.2) is 45.7 Å². The molecule has 0 unspecified atom stereocenters. The molecular formula is C18H24N4O. The number of anilines is 1. The molecule has 0 amide bonds. The standard InChI is InChI=1S/C18H24N4O/c1-14-7-9-19-18(20-14)21-17-12-22(10-8-16(17)13-23)11-15-5-3-2-4-6-15/h2-7,9,16-17,23H,8,10-13H2,1H3,(H,19,20,21)/t16-,17-/m0/s1. The van der Waals surface area contributed by atoms with Gasteiger partial charge in [0.05, 0.1) is 0 Å². The number of nitrogens with one attached hydrogen (secondary N) is 1. The van der Waals surface area contributed by atoms with Crippen molar-refractivity contribution < 1.29 is 5.11 Å². The van der Waals surface area contributed by atoms with Gasteiger partial charge in [-0.2, -0.15) is 0 Å². The summed E-state index contributed by atoms with van der Waals surface area (Å²) in [5.74, 6) is 0.890. The molecule has 1 aromatic carbocycles. The van der Waals surface area contributed by atoms with Gasteiger partial charge in [0, 0.05) is 43.5 Å². The van der Waals surface area contributed by atoms with E-state index in [1.54, 1.807) is 6.20 Å². The van der Waals surface area contributed by atoms with Crippen molar-refractivity contribution in [3.05, 3.63) is 53.9 Å². The first-order chi connectivity index (χ1) is 11.2. The summed E-state index contributed by atoms with van der Waals surface area (Å²) in [6.07, 6.45) is 2.75. The maximum absolute atomic E-state index is 9.67. The lowest BCUT2D eigenvalue weighted by Crippen LogP contribution is -2.48. The van der Waals surface area contributed by atoms with E-state index in [0.29, 0.717) is 5.95 Å². The second kappa shape index (κ2) is 7.53. The molecule has 1 saturated heterocycles. The number of nitrogens with zero attached hydrogens (tertiary/aromatic N) is 3. The van der Waals surface area contributed by atoms with E-state index in [9.17, 15) is 5.11 Å². The van der Waals surface area contributed by atoms with E-state index in [1.807, 2.05) is 19.1 Å². The Hall–Kier alpha value is -1.98. The first-order valence-electron chi connectivity index (χ1n) is 8.18. The second-order valence-electron chi connectivity index (χ2n) is 6.22. The Morgan fingerprint density at radius 1 is 1.26 bits per heavy atom. The minimum absolute atomic E-state index is 0.166. The molecule has 2 N–H and O–H groups in total. The smallest absolute Gasteiger partial charge is 0.223 e. The first-order valence-corrected chi connectivity index (χ1v) is 8.18. The van der Waals surface area contributed by atoms with E-state index in [4.69, 9.17) is 0 Å². The minimum atomic E-state index is 0.166. The topological polar surface area (TPSA) is 61.3 Å². The third kappa shape index (κ3) is 4.27. The fourth-order valence-electron chi connectivity index (χ4n) is 3.12. The molecular weight excluding hydrogens is 288 g/mol. The van der Waals surface area contributed by atoms with E-state index in [1.165, 1.54) is 5.56 Å². The Morgan fingerprint density at radius 2 is 2.09 bits per heavy atom. The number of rotatable bonds is 5. The van der Waals surface area contributed by atoms with Gasteiger partial charge in [0.1, 0.15) is 0 Å². The number of aryl methyl sites for hydroxylation is 1. The molecule has 5 heteroatoms. The lowest BCUT2D eigenvalue weighted by Gasteiger charge is -2.38. The zero-order valence-electron chi connectivity index (χ0n) is 13.5. The molecule has 2 atom stereocenters. The summed E-state index contributed by atoms with van der Waals surface area (Å²) in [5, 5.41) is 13.1. The van der Waals surface area contributed by atoms with Gasteiger partial charge in [-0.15, -0.1) is 0 Å². The number of aromatic nitrogens is 2. The molecule has 1 aliphatic rings. The van der Waals surface area contributed by atoms with Crippen LogP contribution in [0.3, 0.4) is 0 Å². The van der Waals surface area contributed by atoms with Gasteiger partial charge in [0.2, 0.25) is 5.95 Å². The molecule has 0 spiro atoms. The van der Waals surface area contributed by atoms with Crippen LogP contribution in [0.4, 0.5) is 5.95 Å². The third-order valence-corrected chi connectivity index (χ3v) is 4.43. The van der Waals surface area contributed by atoms with E-state index in [2.05, 4.69) is 44.5 Å². The lowest BCUT2D eigenvalue weighted by molar-refractivity contribution is 0.114. The molecule has 0 radical (unpaired) electrons. The van der Waals surface area contributed by atoms with Crippen LogP contribution in [0.25, 0.3) is 0 Å². The molecule has 0 saturated carbocycles. The Morgan fingerprint density at radius 3 is 2.83 bits per heavy atom. The third-order valence-electron chi connectivity index (χ3n) is 4.43. The lowest BCUT2D eigenvalue weighted by atomic mass is 9.92. The van der Waals surface area contributed by atoms with Crippen molar-refractivity contribution in [2.45, 2.75) is 25.9 Å². The van der Waals surface area contributed by atoms with Crippen LogP contribution < -0.4 is 5.32 Å². The van der Waals surface area contributed by atoms with Gasteiger partial charge in [-0.3, -0.25) is 4.90 Å². The maximum atomic E-state index is 9.67. The predicted octanol–water partition coefficient (Wildman–Crippen LogP) is 2.08. The highest BCUT2D eigenvalue weighted by atomic mass is 16.3. The van der Waals surface area contributed by atoms with E-state index in [0.717, 1.165) is 31.7 Å². The van der Waals surface area contributed by atoms with Gasteiger partial charge in [-0.05, 0) is 31.5 Å². The number of benzene rings is 1. The molecule has 1 aliphatic heterocycles. The van der Waals surface area contributed by atoms with Crippen LogP contribution in [0.5, 0.6) is 0 Å².